The summed E-state index contributed by atoms with van der Waals surface area (Å²) in [4.78, 5) is 12.7. The topological polar surface area (TPSA) is 59.6 Å². The second-order valence-corrected chi connectivity index (χ2v) is 8.40. The summed E-state index contributed by atoms with van der Waals surface area (Å²) in [5, 5.41) is 6.77. The van der Waals surface area contributed by atoms with Gasteiger partial charge in [0.05, 0.1) is 19.3 Å². The molecule has 1 amide bonds. The summed E-state index contributed by atoms with van der Waals surface area (Å²) in [6, 6.07) is 14.5. The predicted molar refractivity (Wildman–Crippen MR) is 117 cm³/mol. The van der Waals surface area contributed by atoms with Gasteiger partial charge in [-0.3, -0.25) is 4.79 Å². The molecule has 1 saturated heterocycles. The fourth-order valence-electron chi connectivity index (χ4n) is 5.01. The first-order valence-corrected chi connectivity index (χ1v) is 10.8. The third-order valence-corrected chi connectivity index (χ3v) is 6.59. The molecule has 0 spiro atoms. The third-order valence-electron chi connectivity index (χ3n) is 6.59. The minimum Gasteiger partial charge on any atom is -0.497 e. The molecule has 1 aliphatic carbocycles. The van der Waals surface area contributed by atoms with Crippen LogP contribution in [-0.2, 0) is 4.74 Å². The van der Waals surface area contributed by atoms with Gasteiger partial charge in [-0.1, -0.05) is 24.3 Å². The van der Waals surface area contributed by atoms with Crippen molar-refractivity contribution in [3.8, 4) is 5.75 Å². The molecule has 5 heteroatoms. The average Bonchev–Trinajstić information content (AvgIpc) is 3.49. The summed E-state index contributed by atoms with van der Waals surface area (Å²) in [6.45, 7) is 1.38. The molecular weight excluding hydrogens is 376 g/mol. The highest BCUT2D eigenvalue weighted by atomic mass is 16.5. The van der Waals surface area contributed by atoms with E-state index in [4.69, 9.17) is 9.47 Å². The fourth-order valence-corrected chi connectivity index (χ4v) is 5.01. The van der Waals surface area contributed by atoms with Crippen molar-refractivity contribution >= 4 is 11.6 Å². The van der Waals surface area contributed by atoms with Crippen LogP contribution in [0, 0.1) is 5.92 Å². The molecule has 4 unspecified atom stereocenters. The van der Waals surface area contributed by atoms with Gasteiger partial charge in [-0.2, -0.15) is 0 Å². The first-order valence-electron chi connectivity index (χ1n) is 10.8. The Hall–Kier alpha value is -2.79. The summed E-state index contributed by atoms with van der Waals surface area (Å²) < 4.78 is 11.0. The Balaban J connectivity index is 1.38. The number of hydrogen-bond donors (Lipinski definition) is 2. The highest BCUT2D eigenvalue weighted by Gasteiger charge is 2.38. The Morgan fingerprint density at radius 3 is 3.03 bits per heavy atom. The summed E-state index contributed by atoms with van der Waals surface area (Å²) in [5.74, 6) is 1.58. The van der Waals surface area contributed by atoms with E-state index in [0.29, 0.717) is 23.9 Å². The number of hydrogen-bond acceptors (Lipinski definition) is 4. The van der Waals surface area contributed by atoms with Crippen LogP contribution in [0.1, 0.15) is 52.7 Å². The molecule has 0 radical (unpaired) electrons. The number of fused-ring (bicyclic) bond motifs is 3. The highest BCUT2D eigenvalue weighted by molar-refractivity contribution is 5.95. The molecule has 4 atom stereocenters. The minimum atomic E-state index is -0.0262. The van der Waals surface area contributed by atoms with Crippen LogP contribution in [0.2, 0.25) is 0 Å². The largest absolute Gasteiger partial charge is 0.497 e. The molecular formula is C25H28N2O3. The maximum Gasteiger partial charge on any atom is 0.251 e. The van der Waals surface area contributed by atoms with Crippen LogP contribution in [0.4, 0.5) is 5.69 Å². The second-order valence-electron chi connectivity index (χ2n) is 8.40. The average molecular weight is 405 g/mol. The molecule has 5 nitrogen and oxygen atoms in total. The standard InChI is InChI=1S/C25H28N2O3/c1-29-18-6-2-5-16(13-18)24-21-9-3-8-20(21)22-14-17(10-11-23(22)27-24)25(28)26-15-19-7-4-12-30-19/h2-3,5-6,8,10-11,13-14,19-21,24,27H,4,7,9,12,15H2,1H3,(H,26,28). The van der Waals surface area contributed by atoms with E-state index in [2.05, 4.69) is 41.0 Å². The van der Waals surface area contributed by atoms with E-state index in [0.717, 1.165) is 37.3 Å². The zero-order valence-corrected chi connectivity index (χ0v) is 17.3. The van der Waals surface area contributed by atoms with Crippen LogP contribution in [0.5, 0.6) is 5.75 Å². The molecule has 156 valence electrons. The molecule has 3 aliphatic rings. The Kier molecular flexibility index (Phi) is 5.21. The lowest BCUT2D eigenvalue weighted by Crippen LogP contribution is -2.32. The number of anilines is 1. The Bertz CT molecular complexity index is 965. The van der Waals surface area contributed by atoms with Gasteiger partial charge in [0, 0.05) is 30.3 Å². The number of benzene rings is 2. The number of methoxy groups -OCH3 is 1. The van der Waals surface area contributed by atoms with E-state index in [9.17, 15) is 4.79 Å². The van der Waals surface area contributed by atoms with Gasteiger partial charge in [-0.25, -0.2) is 0 Å². The van der Waals surface area contributed by atoms with Crippen molar-refractivity contribution in [2.24, 2.45) is 5.92 Å². The number of rotatable bonds is 5. The van der Waals surface area contributed by atoms with E-state index in [-0.39, 0.29) is 18.1 Å². The molecule has 0 saturated carbocycles. The van der Waals surface area contributed by atoms with Crippen molar-refractivity contribution in [3.63, 3.8) is 0 Å². The van der Waals surface area contributed by atoms with Gasteiger partial charge in [-0.15, -0.1) is 0 Å². The SMILES string of the molecule is COc1cccc(C2Nc3ccc(C(=O)NCC4CCCO4)cc3C3C=CCC32)c1. The number of carbonyl (C=O) groups is 1. The third kappa shape index (κ3) is 3.58. The lowest BCUT2D eigenvalue weighted by molar-refractivity contribution is 0.0857. The van der Waals surface area contributed by atoms with E-state index >= 15 is 0 Å². The van der Waals surface area contributed by atoms with E-state index in [1.165, 1.54) is 11.1 Å². The Morgan fingerprint density at radius 1 is 1.27 bits per heavy atom. The molecule has 2 aromatic carbocycles. The summed E-state index contributed by atoms with van der Waals surface area (Å²) in [6.07, 6.45) is 7.84. The summed E-state index contributed by atoms with van der Waals surface area (Å²) in [7, 11) is 1.70. The zero-order valence-electron chi connectivity index (χ0n) is 17.3. The van der Waals surface area contributed by atoms with Gasteiger partial charge in [0.1, 0.15) is 5.75 Å². The summed E-state index contributed by atoms with van der Waals surface area (Å²) >= 11 is 0. The van der Waals surface area contributed by atoms with Gasteiger partial charge >= 0.3 is 0 Å². The lowest BCUT2D eigenvalue weighted by Gasteiger charge is -2.37. The number of allylic oxidation sites excluding steroid dienone is 2. The van der Waals surface area contributed by atoms with Crippen LogP contribution < -0.4 is 15.4 Å². The monoisotopic (exact) mass is 404 g/mol. The Morgan fingerprint density at radius 2 is 2.20 bits per heavy atom. The van der Waals surface area contributed by atoms with Gasteiger partial charge in [0.25, 0.3) is 5.91 Å². The van der Waals surface area contributed by atoms with Crippen LogP contribution >= 0.6 is 0 Å². The predicted octanol–water partition coefficient (Wildman–Crippen LogP) is 4.43. The molecule has 0 aromatic heterocycles. The molecule has 5 rings (SSSR count). The first kappa shape index (κ1) is 19.2. The van der Waals surface area contributed by atoms with Crippen molar-refractivity contribution in [1.29, 1.82) is 0 Å². The van der Waals surface area contributed by atoms with Crippen molar-refractivity contribution in [1.82, 2.24) is 5.32 Å². The fraction of sp³-hybridized carbons (Fsp3) is 0.400. The quantitative estimate of drug-likeness (QED) is 0.724. The second kappa shape index (κ2) is 8.15. The number of ether oxygens (including phenoxy) is 2. The van der Waals surface area contributed by atoms with Crippen molar-refractivity contribution < 1.29 is 14.3 Å². The number of nitrogens with one attached hydrogen (secondary N) is 2. The maximum absolute atomic E-state index is 12.7. The number of amides is 1. The van der Waals surface area contributed by atoms with Crippen LogP contribution in [0.15, 0.2) is 54.6 Å². The maximum atomic E-state index is 12.7. The normalized spacial score (nSPS) is 26.6. The number of carbonyl (C=O) groups excluding carboxylic acids is 1. The van der Waals surface area contributed by atoms with Crippen molar-refractivity contribution in [2.45, 2.75) is 37.3 Å². The van der Waals surface area contributed by atoms with Crippen LogP contribution in [0.3, 0.4) is 0 Å². The highest BCUT2D eigenvalue weighted by Crippen LogP contribution is 2.50. The Labute approximate surface area is 177 Å². The molecule has 2 aromatic rings. The zero-order chi connectivity index (χ0) is 20.5. The van der Waals surface area contributed by atoms with E-state index < -0.39 is 0 Å². The van der Waals surface area contributed by atoms with Crippen molar-refractivity contribution in [3.05, 3.63) is 71.3 Å². The van der Waals surface area contributed by atoms with Gasteiger partial charge in [0.15, 0.2) is 0 Å². The lowest BCUT2D eigenvalue weighted by atomic mass is 9.76. The summed E-state index contributed by atoms with van der Waals surface area (Å²) in [5.41, 5.74) is 4.26. The van der Waals surface area contributed by atoms with Gasteiger partial charge in [0.2, 0.25) is 0 Å². The molecule has 2 heterocycles. The van der Waals surface area contributed by atoms with Gasteiger partial charge in [-0.05, 0) is 66.6 Å². The molecule has 2 aliphatic heterocycles. The van der Waals surface area contributed by atoms with E-state index in [1.807, 2.05) is 24.3 Å². The first-order chi connectivity index (χ1) is 14.7. The smallest absolute Gasteiger partial charge is 0.251 e. The molecule has 1 fully saturated rings. The van der Waals surface area contributed by atoms with Crippen molar-refractivity contribution in [2.75, 3.05) is 25.6 Å². The van der Waals surface area contributed by atoms with E-state index in [1.54, 1.807) is 7.11 Å². The van der Waals surface area contributed by atoms with Crippen LogP contribution in [0.25, 0.3) is 0 Å². The minimum absolute atomic E-state index is 0.0262. The van der Waals surface area contributed by atoms with Gasteiger partial charge < -0.3 is 20.1 Å². The molecule has 0 bridgehead atoms. The molecule has 30 heavy (non-hydrogen) atoms. The molecule has 2 N–H and O–H groups in total. The van der Waals surface area contributed by atoms with Crippen LogP contribution in [-0.4, -0.2) is 32.3 Å².